The Bertz CT molecular complexity index is 906. The fraction of sp³-hybridized carbons (Fsp3) is 0.136. The van der Waals surface area contributed by atoms with Crippen molar-refractivity contribution < 1.29 is 14.3 Å². The van der Waals surface area contributed by atoms with E-state index in [0.717, 1.165) is 14.8 Å². The molecule has 0 heterocycles. The molecule has 0 saturated carbocycles. The van der Waals surface area contributed by atoms with Gasteiger partial charge in [-0.25, -0.2) is 0 Å². The number of amides is 1. The van der Waals surface area contributed by atoms with E-state index < -0.39 is 0 Å². The summed E-state index contributed by atoms with van der Waals surface area (Å²) in [7, 11) is 3.15. The second-order valence-electron chi connectivity index (χ2n) is 5.93. The average Bonchev–Trinajstić information content (AvgIpc) is 2.72. The summed E-state index contributed by atoms with van der Waals surface area (Å²) < 4.78 is 11.7. The third-order valence-corrected chi connectivity index (χ3v) is 5.08. The molecule has 27 heavy (non-hydrogen) atoms. The van der Waals surface area contributed by atoms with Crippen LogP contribution in [0.25, 0.3) is 0 Å². The highest BCUT2D eigenvalue weighted by molar-refractivity contribution is 14.1. The molecule has 0 atom stereocenters. The molecule has 0 aromatic heterocycles. The van der Waals surface area contributed by atoms with E-state index in [0.29, 0.717) is 23.6 Å². The first-order chi connectivity index (χ1) is 13.1. The van der Waals surface area contributed by atoms with Gasteiger partial charge in [0.1, 0.15) is 11.5 Å². The third-order valence-electron chi connectivity index (χ3n) is 4.17. The van der Waals surface area contributed by atoms with E-state index in [4.69, 9.17) is 9.47 Å². The van der Waals surface area contributed by atoms with Crippen LogP contribution in [0.1, 0.15) is 15.9 Å². The van der Waals surface area contributed by atoms with Crippen molar-refractivity contribution in [3.8, 4) is 11.5 Å². The SMILES string of the molecule is COc1cc(OC)cc(C(=O)N(Cc2ccccc2)c2ccccc2I)c1. The Kier molecular flexibility index (Phi) is 6.34. The normalized spacial score (nSPS) is 10.3. The summed E-state index contributed by atoms with van der Waals surface area (Å²) in [5, 5.41) is 0. The van der Waals surface area contributed by atoms with Crippen molar-refractivity contribution in [3.05, 3.63) is 87.5 Å². The van der Waals surface area contributed by atoms with Gasteiger partial charge in [-0.15, -0.1) is 0 Å². The quantitative estimate of drug-likeness (QED) is 0.465. The number of hydrogen-bond acceptors (Lipinski definition) is 3. The molecule has 3 aromatic rings. The van der Waals surface area contributed by atoms with Gasteiger partial charge in [-0.2, -0.15) is 0 Å². The number of anilines is 1. The molecule has 0 aliphatic rings. The first-order valence-corrected chi connectivity index (χ1v) is 9.53. The van der Waals surface area contributed by atoms with Gasteiger partial charge in [0.05, 0.1) is 26.5 Å². The number of carbonyl (C=O) groups excluding carboxylic acids is 1. The Balaban J connectivity index is 2.05. The molecule has 0 bridgehead atoms. The zero-order valence-electron chi connectivity index (χ0n) is 15.2. The van der Waals surface area contributed by atoms with Crippen molar-refractivity contribution in [1.82, 2.24) is 0 Å². The van der Waals surface area contributed by atoms with Gasteiger partial charge in [0.15, 0.2) is 0 Å². The van der Waals surface area contributed by atoms with Crippen molar-refractivity contribution in [2.24, 2.45) is 0 Å². The highest BCUT2D eigenvalue weighted by Crippen LogP contribution is 2.28. The molecule has 0 unspecified atom stereocenters. The van der Waals surface area contributed by atoms with E-state index in [2.05, 4.69) is 22.6 Å². The minimum absolute atomic E-state index is 0.111. The number of methoxy groups -OCH3 is 2. The summed E-state index contributed by atoms with van der Waals surface area (Å²) in [6, 6.07) is 23.0. The molecule has 4 nitrogen and oxygen atoms in total. The second-order valence-corrected chi connectivity index (χ2v) is 7.09. The summed E-state index contributed by atoms with van der Waals surface area (Å²) in [6.07, 6.45) is 0. The molecular weight excluding hydrogens is 453 g/mol. The molecule has 138 valence electrons. The van der Waals surface area contributed by atoms with Gasteiger partial charge >= 0.3 is 0 Å². The Hall–Kier alpha value is -2.54. The minimum atomic E-state index is -0.111. The highest BCUT2D eigenvalue weighted by atomic mass is 127. The molecule has 0 aliphatic carbocycles. The maximum Gasteiger partial charge on any atom is 0.258 e. The molecule has 0 N–H and O–H groups in total. The number of halogens is 1. The first-order valence-electron chi connectivity index (χ1n) is 8.45. The van der Waals surface area contributed by atoms with Gasteiger partial charge < -0.3 is 14.4 Å². The van der Waals surface area contributed by atoms with E-state index in [9.17, 15) is 4.79 Å². The maximum atomic E-state index is 13.4. The molecule has 0 spiro atoms. The van der Waals surface area contributed by atoms with Crippen LogP contribution in [-0.4, -0.2) is 20.1 Å². The molecule has 3 rings (SSSR count). The summed E-state index contributed by atoms with van der Waals surface area (Å²) in [4.78, 5) is 15.2. The van der Waals surface area contributed by atoms with E-state index in [-0.39, 0.29) is 5.91 Å². The Morgan fingerprint density at radius 2 is 1.48 bits per heavy atom. The van der Waals surface area contributed by atoms with E-state index >= 15 is 0 Å². The van der Waals surface area contributed by atoms with Gasteiger partial charge in [0.25, 0.3) is 5.91 Å². The summed E-state index contributed by atoms with van der Waals surface area (Å²) in [5.74, 6) is 1.06. The zero-order valence-corrected chi connectivity index (χ0v) is 17.3. The largest absolute Gasteiger partial charge is 0.497 e. The molecule has 3 aromatic carbocycles. The van der Waals surface area contributed by atoms with E-state index in [1.54, 1.807) is 37.3 Å². The number of ether oxygens (including phenoxy) is 2. The standard InChI is InChI=1S/C22H20INO3/c1-26-18-12-17(13-19(14-18)27-2)22(25)24(15-16-8-4-3-5-9-16)21-11-7-6-10-20(21)23/h3-14H,15H2,1-2H3. The van der Waals surface area contributed by atoms with Crippen molar-refractivity contribution in [3.63, 3.8) is 0 Å². The lowest BCUT2D eigenvalue weighted by molar-refractivity contribution is 0.0984. The van der Waals surface area contributed by atoms with Crippen molar-refractivity contribution in [1.29, 1.82) is 0 Å². The minimum Gasteiger partial charge on any atom is -0.497 e. The Morgan fingerprint density at radius 1 is 0.889 bits per heavy atom. The number of nitrogens with zero attached hydrogens (tertiary/aromatic N) is 1. The predicted octanol–water partition coefficient (Wildman–Crippen LogP) is 5.16. The highest BCUT2D eigenvalue weighted by Gasteiger charge is 2.21. The van der Waals surface area contributed by atoms with Crippen LogP contribution >= 0.6 is 22.6 Å². The van der Waals surface area contributed by atoms with E-state index in [1.807, 2.05) is 54.6 Å². The summed E-state index contributed by atoms with van der Waals surface area (Å²) in [5.41, 5.74) is 2.44. The zero-order chi connectivity index (χ0) is 19.2. The van der Waals surface area contributed by atoms with Crippen LogP contribution in [0.3, 0.4) is 0 Å². The number of para-hydroxylation sites is 1. The lowest BCUT2D eigenvalue weighted by Gasteiger charge is -2.25. The van der Waals surface area contributed by atoms with Crippen LogP contribution in [0.5, 0.6) is 11.5 Å². The second kappa shape index (κ2) is 8.90. The Morgan fingerprint density at radius 3 is 2.07 bits per heavy atom. The van der Waals surface area contributed by atoms with E-state index in [1.165, 1.54) is 0 Å². The summed E-state index contributed by atoms with van der Waals surface area (Å²) >= 11 is 2.26. The lowest BCUT2D eigenvalue weighted by Crippen LogP contribution is -2.31. The smallest absolute Gasteiger partial charge is 0.258 e. The van der Waals surface area contributed by atoms with Crippen molar-refractivity contribution >= 4 is 34.2 Å². The Labute approximate surface area is 172 Å². The molecular formula is C22H20INO3. The van der Waals surface area contributed by atoms with Gasteiger partial charge in [-0.3, -0.25) is 4.79 Å². The molecule has 0 saturated heterocycles. The monoisotopic (exact) mass is 473 g/mol. The van der Waals surface area contributed by atoms with Crippen LogP contribution < -0.4 is 14.4 Å². The molecule has 5 heteroatoms. The fourth-order valence-corrected chi connectivity index (χ4v) is 3.47. The number of benzene rings is 3. The van der Waals surface area contributed by atoms with Gasteiger partial charge in [0.2, 0.25) is 0 Å². The van der Waals surface area contributed by atoms with Gasteiger partial charge in [-0.1, -0.05) is 42.5 Å². The van der Waals surface area contributed by atoms with Crippen LogP contribution in [-0.2, 0) is 6.54 Å². The topological polar surface area (TPSA) is 38.8 Å². The van der Waals surface area contributed by atoms with Crippen LogP contribution in [0.15, 0.2) is 72.8 Å². The third kappa shape index (κ3) is 4.60. The van der Waals surface area contributed by atoms with Crippen molar-refractivity contribution in [2.75, 3.05) is 19.1 Å². The number of hydrogen-bond donors (Lipinski definition) is 0. The first kappa shape index (κ1) is 19.2. The van der Waals surface area contributed by atoms with Gasteiger partial charge in [-0.05, 0) is 52.4 Å². The fourth-order valence-electron chi connectivity index (χ4n) is 2.79. The van der Waals surface area contributed by atoms with Gasteiger partial charge in [0, 0.05) is 15.2 Å². The molecule has 0 fully saturated rings. The molecule has 0 aliphatic heterocycles. The molecule has 0 radical (unpaired) electrons. The maximum absolute atomic E-state index is 13.4. The van der Waals surface area contributed by atoms with Crippen LogP contribution in [0.4, 0.5) is 5.69 Å². The molecule has 1 amide bonds. The number of carbonyl (C=O) groups is 1. The predicted molar refractivity (Wildman–Crippen MR) is 116 cm³/mol. The van der Waals surface area contributed by atoms with Crippen LogP contribution in [0, 0.1) is 3.57 Å². The van der Waals surface area contributed by atoms with Crippen molar-refractivity contribution in [2.45, 2.75) is 6.54 Å². The average molecular weight is 473 g/mol. The number of rotatable bonds is 6. The van der Waals surface area contributed by atoms with Crippen LogP contribution in [0.2, 0.25) is 0 Å². The summed E-state index contributed by atoms with van der Waals surface area (Å²) in [6.45, 7) is 0.471. The lowest BCUT2D eigenvalue weighted by atomic mass is 10.1.